The van der Waals surface area contributed by atoms with E-state index in [0.29, 0.717) is 0 Å². The Hall–Kier alpha value is -1.87. The average molecular weight is 382 g/mol. The maximum absolute atomic E-state index is 13.0. The molecule has 2 aliphatic carbocycles. The molecule has 2 aliphatic rings. The van der Waals surface area contributed by atoms with Crippen LogP contribution in [0, 0.1) is 5.92 Å². The molecular weight excluding hydrogens is 346 g/mol. The summed E-state index contributed by atoms with van der Waals surface area (Å²) < 4.78 is 5.81. The van der Waals surface area contributed by atoms with Gasteiger partial charge in [-0.15, -0.1) is 0 Å². The third-order valence-corrected chi connectivity index (χ3v) is 6.09. The number of esters is 1. The Morgan fingerprint density at radius 2 is 1.93 bits per heavy atom. The first-order chi connectivity index (χ1) is 13.3. The number of benzene rings is 1. The van der Waals surface area contributed by atoms with Crippen molar-refractivity contribution < 1.29 is 9.53 Å². The smallest absolute Gasteiger partial charge is 0.311 e. The molecule has 3 nitrogen and oxygen atoms in total. The number of nitrogens with zero attached hydrogens (tertiary/aromatic N) is 1. The topological polar surface area (TPSA) is 29.5 Å². The van der Waals surface area contributed by atoms with Crippen LogP contribution in [-0.4, -0.2) is 28.1 Å². The van der Waals surface area contributed by atoms with Gasteiger partial charge in [0.2, 0.25) is 0 Å². The van der Waals surface area contributed by atoms with Gasteiger partial charge >= 0.3 is 5.97 Å². The maximum atomic E-state index is 13.0. The van der Waals surface area contributed by atoms with Crippen LogP contribution in [0.5, 0.6) is 0 Å². The lowest BCUT2D eigenvalue weighted by atomic mass is 9.83. The minimum absolute atomic E-state index is 0.0327. The van der Waals surface area contributed by atoms with Crippen LogP contribution in [0.1, 0.15) is 65.4 Å². The fraction of sp³-hybridized carbons (Fsp3) is 0.560. The van der Waals surface area contributed by atoms with Gasteiger partial charge in [0, 0.05) is 18.1 Å². The van der Waals surface area contributed by atoms with Crippen molar-refractivity contribution in [1.29, 1.82) is 0 Å². The molecule has 0 amide bonds. The first kappa shape index (κ1) is 20.9. The summed E-state index contributed by atoms with van der Waals surface area (Å²) in [6.45, 7) is 8.99. The van der Waals surface area contributed by atoms with Crippen LogP contribution in [0.2, 0.25) is 0 Å². The SMILES string of the molecule is CC[C@]1(N(Cc2ccccc2)[C@H]2CCC[C@H]2C(=O)OC(C)(C)C)C=CC=CC1. The third-order valence-electron chi connectivity index (χ3n) is 6.09. The molecular formula is C25H35NO2. The highest BCUT2D eigenvalue weighted by atomic mass is 16.6. The minimum Gasteiger partial charge on any atom is -0.460 e. The van der Waals surface area contributed by atoms with Crippen LogP contribution < -0.4 is 0 Å². The molecule has 1 saturated carbocycles. The predicted molar refractivity (Wildman–Crippen MR) is 115 cm³/mol. The van der Waals surface area contributed by atoms with Gasteiger partial charge in [-0.1, -0.05) is 68.0 Å². The summed E-state index contributed by atoms with van der Waals surface area (Å²) in [6.07, 6.45) is 14.0. The van der Waals surface area contributed by atoms with Crippen LogP contribution in [-0.2, 0) is 16.1 Å². The third kappa shape index (κ3) is 4.75. The van der Waals surface area contributed by atoms with E-state index in [0.717, 1.165) is 38.6 Å². The molecule has 0 unspecified atom stereocenters. The molecule has 0 radical (unpaired) electrons. The first-order valence-electron chi connectivity index (χ1n) is 10.7. The van der Waals surface area contributed by atoms with Crippen LogP contribution >= 0.6 is 0 Å². The Bertz CT molecular complexity index is 716. The number of hydrogen-bond acceptors (Lipinski definition) is 3. The van der Waals surface area contributed by atoms with Crippen molar-refractivity contribution in [2.45, 2.75) is 83.5 Å². The molecule has 1 aromatic carbocycles. The van der Waals surface area contributed by atoms with Gasteiger partial charge in [0.05, 0.1) is 5.92 Å². The van der Waals surface area contributed by atoms with E-state index in [1.54, 1.807) is 0 Å². The Labute approximate surface area is 170 Å². The lowest BCUT2D eigenvalue weighted by Gasteiger charge is -2.47. The van der Waals surface area contributed by atoms with Crippen molar-refractivity contribution in [2.75, 3.05) is 0 Å². The van der Waals surface area contributed by atoms with E-state index >= 15 is 0 Å². The lowest BCUT2D eigenvalue weighted by molar-refractivity contribution is -0.162. The standard InChI is InChI=1S/C25H35NO2/c1-5-25(17-10-7-11-18-25)26(19-20-13-8-6-9-14-20)22-16-12-15-21(22)23(27)28-24(2,3)4/h6-11,13-14,17,21-22H,5,12,15-16,18-19H2,1-4H3/t21-,22+,25+/m1/s1. The fourth-order valence-electron chi connectivity index (χ4n) is 4.68. The van der Waals surface area contributed by atoms with E-state index in [4.69, 9.17) is 4.74 Å². The highest BCUT2D eigenvalue weighted by Gasteiger charge is 2.45. The van der Waals surface area contributed by atoms with E-state index in [-0.39, 0.29) is 23.5 Å². The van der Waals surface area contributed by atoms with Gasteiger partial charge in [-0.25, -0.2) is 0 Å². The second-order valence-corrected chi connectivity index (χ2v) is 9.20. The summed E-state index contributed by atoms with van der Waals surface area (Å²) in [4.78, 5) is 15.6. The highest BCUT2D eigenvalue weighted by Crippen LogP contribution is 2.40. The molecule has 1 fully saturated rings. The molecule has 3 heteroatoms. The lowest BCUT2D eigenvalue weighted by Crippen LogP contribution is -2.54. The molecule has 152 valence electrons. The largest absolute Gasteiger partial charge is 0.460 e. The van der Waals surface area contributed by atoms with Crippen LogP contribution in [0.15, 0.2) is 54.6 Å². The van der Waals surface area contributed by atoms with Gasteiger partial charge in [0.1, 0.15) is 5.60 Å². The molecule has 0 aliphatic heterocycles. The molecule has 1 aromatic rings. The van der Waals surface area contributed by atoms with Crippen molar-refractivity contribution in [3.8, 4) is 0 Å². The molecule has 28 heavy (non-hydrogen) atoms. The zero-order chi connectivity index (χ0) is 20.2. The predicted octanol–water partition coefficient (Wildman–Crippen LogP) is 5.66. The Balaban J connectivity index is 1.92. The van der Waals surface area contributed by atoms with Crippen molar-refractivity contribution >= 4 is 5.97 Å². The van der Waals surface area contributed by atoms with Crippen molar-refractivity contribution in [3.63, 3.8) is 0 Å². The quantitative estimate of drug-likeness (QED) is 0.595. The van der Waals surface area contributed by atoms with Gasteiger partial charge < -0.3 is 4.74 Å². The summed E-state index contributed by atoms with van der Waals surface area (Å²) in [7, 11) is 0. The summed E-state index contributed by atoms with van der Waals surface area (Å²) >= 11 is 0. The molecule has 0 bridgehead atoms. The van der Waals surface area contributed by atoms with Gasteiger partial charge in [-0.2, -0.15) is 0 Å². The number of allylic oxidation sites excluding steroid dienone is 2. The van der Waals surface area contributed by atoms with E-state index in [1.165, 1.54) is 5.56 Å². The zero-order valence-corrected chi connectivity index (χ0v) is 17.9. The Morgan fingerprint density at radius 1 is 1.18 bits per heavy atom. The van der Waals surface area contributed by atoms with Crippen molar-refractivity contribution in [3.05, 3.63) is 60.2 Å². The Morgan fingerprint density at radius 3 is 2.54 bits per heavy atom. The Kier molecular flexibility index (Phi) is 6.44. The van der Waals surface area contributed by atoms with Gasteiger partial charge in [0.25, 0.3) is 0 Å². The molecule has 0 saturated heterocycles. The second kappa shape index (κ2) is 8.65. The molecule has 3 atom stereocenters. The second-order valence-electron chi connectivity index (χ2n) is 9.20. The monoisotopic (exact) mass is 381 g/mol. The number of carbonyl (C=O) groups excluding carboxylic acids is 1. The van der Waals surface area contributed by atoms with Gasteiger partial charge in [0.15, 0.2) is 0 Å². The van der Waals surface area contributed by atoms with E-state index in [2.05, 4.69) is 66.5 Å². The normalized spacial score (nSPS) is 27.3. The molecule has 0 heterocycles. The van der Waals surface area contributed by atoms with E-state index < -0.39 is 5.60 Å². The zero-order valence-electron chi connectivity index (χ0n) is 17.9. The summed E-state index contributed by atoms with van der Waals surface area (Å²) in [5, 5.41) is 0. The number of ether oxygens (including phenoxy) is 1. The summed E-state index contributed by atoms with van der Waals surface area (Å²) in [5.41, 5.74) is 0.817. The maximum Gasteiger partial charge on any atom is 0.311 e. The van der Waals surface area contributed by atoms with Gasteiger partial charge in [-0.05, 0) is 52.0 Å². The first-order valence-corrected chi connectivity index (χ1v) is 10.7. The van der Waals surface area contributed by atoms with E-state index in [1.807, 2.05) is 20.8 Å². The molecule has 0 aromatic heterocycles. The minimum atomic E-state index is -0.440. The van der Waals surface area contributed by atoms with Crippen LogP contribution in [0.3, 0.4) is 0 Å². The average Bonchev–Trinajstić information content (AvgIpc) is 3.16. The van der Waals surface area contributed by atoms with Crippen molar-refractivity contribution in [2.24, 2.45) is 5.92 Å². The van der Waals surface area contributed by atoms with Crippen LogP contribution in [0.25, 0.3) is 0 Å². The number of rotatable bonds is 6. The fourth-order valence-corrected chi connectivity index (χ4v) is 4.68. The summed E-state index contributed by atoms with van der Waals surface area (Å²) in [5.74, 6) is -0.0830. The molecule has 0 spiro atoms. The van der Waals surface area contributed by atoms with Crippen LogP contribution in [0.4, 0.5) is 0 Å². The van der Waals surface area contributed by atoms with Gasteiger partial charge in [-0.3, -0.25) is 9.69 Å². The van der Waals surface area contributed by atoms with E-state index in [9.17, 15) is 4.79 Å². The number of hydrogen-bond donors (Lipinski definition) is 0. The highest BCUT2D eigenvalue weighted by molar-refractivity contribution is 5.74. The molecule has 0 N–H and O–H groups in total. The van der Waals surface area contributed by atoms with Crippen molar-refractivity contribution in [1.82, 2.24) is 4.90 Å². The summed E-state index contributed by atoms with van der Waals surface area (Å²) in [6, 6.07) is 10.9. The molecule has 3 rings (SSSR count). The number of carbonyl (C=O) groups is 1.